The third kappa shape index (κ3) is 14.2. The number of hydrogen-bond donors (Lipinski definition) is 4. The van der Waals surface area contributed by atoms with Crippen molar-refractivity contribution < 1.29 is 43.1 Å². The summed E-state index contributed by atoms with van der Waals surface area (Å²) in [5.41, 5.74) is 0. The van der Waals surface area contributed by atoms with Crippen LogP contribution in [0.3, 0.4) is 0 Å². The van der Waals surface area contributed by atoms with Crippen LogP contribution in [-0.2, 0) is 23.3 Å². The molecule has 35 heavy (non-hydrogen) atoms. The number of carbonyl (C=O) groups excluding carboxylic acids is 1. The Labute approximate surface area is 208 Å². The third-order valence-corrected chi connectivity index (χ3v) is 11.3. The van der Waals surface area contributed by atoms with Gasteiger partial charge >= 0.3 is 5.97 Å². The van der Waals surface area contributed by atoms with Gasteiger partial charge < -0.3 is 19.8 Å². The molecule has 0 bridgehead atoms. The van der Waals surface area contributed by atoms with Crippen LogP contribution < -0.4 is 0 Å². The summed E-state index contributed by atoms with van der Waals surface area (Å²) >= 11 is 0. The van der Waals surface area contributed by atoms with E-state index in [4.69, 9.17) is 5.11 Å². The Bertz CT molecular complexity index is 855. The molecule has 1 fully saturated rings. The first-order chi connectivity index (χ1) is 16.0. The Balaban J connectivity index is 2.96. The highest BCUT2D eigenvalue weighted by atomic mass is 31.2. The minimum absolute atomic E-state index is 0.0129. The smallest absolute Gasteiger partial charge is 0.303 e. The van der Waals surface area contributed by atoms with Gasteiger partial charge in [-0.15, -0.1) is 0 Å². The molecule has 3 atom stereocenters. The Hall–Kier alpha value is -0.410. The van der Waals surface area contributed by atoms with E-state index in [1.54, 1.807) is 35.5 Å². The van der Waals surface area contributed by atoms with E-state index in [9.17, 15) is 38.0 Å². The van der Waals surface area contributed by atoms with Crippen molar-refractivity contribution in [3.05, 3.63) is 0 Å². The number of carboxylic acids is 1. The summed E-state index contributed by atoms with van der Waals surface area (Å²) < 4.78 is 37.7. The molecular formula is C20H42N3O9P3. The van der Waals surface area contributed by atoms with Crippen molar-refractivity contribution in [1.29, 1.82) is 0 Å². The Morgan fingerprint density at radius 2 is 1.06 bits per heavy atom. The molecule has 1 aliphatic rings. The number of Topliss-reactive ketones (excluding diaryl/α,β-unsaturated/α-hetero) is 1. The first-order valence-electron chi connectivity index (χ1n) is 11.9. The maximum absolute atomic E-state index is 12.8. The maximum atomic E-state index is 12.8. The molecule has 0 amide bonds. The normalized spacial score (nSPS) is 22.4. The number of aliphatic carboxylic acids is 1. The fourth-order valence-corrected chi connectivity index (χ4v) is 7.95. The van der Waals surface area contributed by atoms with Gasteiger partial charge in [-0.25, -0.2) is 0 Å². The molecule has 0 aromatic heterocycles. The number of nitrogens with zero attached hydrogens (tertiary/aromatic N) is 3. The molecule has 1 rings (SSSR count). The van der Waals surface area contributed by atoms with Crippen molar-refractivity contribution in [2.24, 2.45) is 5.92 Å². The molecule has 3 unspecified atom stereocenters. The van der Waals surface area contributed by atoms with Crippen LogP contribution in [0.15, 0.2) is 0 Å². The van der Waals surface area contributed by atoms with Gasteiger partial charge in [0.05, 0.1) is 25.3 Å². The van der Waals surface area contributed by atoms with Gasteiger partial charge in [0.2, 0.25) is 22.1 Å². The maximum Gasteiger partial charge on any atom is 0.303 e. The van der Waals surface area contributed by atoms with E-state index >= 15 is 0 Å². The third-order valence-electron chi connectivity index (χ3n) is 5.98. The van der Waals surface area contributed by atoms with Crippen LogP contribution in [-0.4, -0.2) is 123 Å². The summed E-state index contributed by atoms with van der Waals surface area (Å²) in [5, 5.41) is 8.84. The standard InChI is InChI=1S/C20H42N3O9P3/c1-4-33(27,28)15-21-7-9-22(16-34(29,30)13-5-19(24)18(2)3)11-12-23(10-8-21)17-35(31,32)14-6-20(25)26/h18H,4-17H2,1-3H3,(H,25,26)(H,27,28)(H,29,30)(H,31,32). The van der Waals surface area contributed by atoms with Crippen molar-refractivity contribution in [2.45, 2.75) is 33.6 Å². The average Bonchev–Trinajstić information content (AvgIpc) is 2.82. The molecule has 0 aliphatic carbocycles. The molecule has 206 valence electrons. The highest BCUT2D eigenvalue weighted by Crippen LogP contribution is 2.44. The van der Waals surface area contributed by atoms with Gasteiger partial charge in [-0.2, -0.15) is 0 Å². The van der Waals surface area contributed by atoms with Crippen molar-refractivity contribution >= 4 is 33.9 Å². The van der Waals surface area contributed by atoms with E-state index in [-0.39, 0.29) is 55.5 Å². The summed E-state index contributed by atoms with van der Waals surface area (Å²) in [6, 6.07) is 0. The van der Waals surface area contributed by atoms with Crippen LogP contribution in [0.25, 0.3) is 0 Å². The van der Waals surface area contributed by atoms with E-state index in [0.29, 0.717) is 39.3 Å². The van der Waals surface area contributed by atoms with Gasteiger partial charge in [-0.05, 0) is 0 Å². The number of hydrogen-bond acceptors (Lipinski definition) is 8. The van der Waals surface area contributed by atoms with Crippen molar-refractivity contribution in [1.82, 2.24) is 14.7 Å². The number of ketones is 1. The van der Waals surface area contributed by atoms with E-state index in [1.807, 2.05) is 0 Å². The van der Waals surface area contributed by atoms with Gasteiger partial charge in [-0.1, -0.05) is 20.8 Å². The highest BCUT2D eigenvalue weighted by Gasteiger charge is 2.29. The minimum atomic E-state index is -3.76. The van der Waals surface area contributed by atoms with Crippen LogP contribution in [0.2, 0.25) is 0 Å². The number of carboxylic acid groups (broad SMARTS) is 1. The quantitative estimate of drug-likeness (QED) is 0.226. The summed E-state index contributed by atoms with van der Waals surface area (Å²) in [5.74, 6) is -1.46. The summed E-state index contributed by atoms with van der Waals surface area (Å²) in [6.45, 7) is 7.15. The first kappa shape index (κ1) is 32.6. The summed E-state index contributed by atoms with van der Waals surface area (Å²) in [4.78, 5) is 58.9. The second-order valence-electron chi connectivity index (χ2n) is 9.60. The largest absolute Gasteiger partial charge is 0.481 e. The monoisotopic (exact) mass is 561 g/mol. The zero-order valence-corrected chi connectivity index (χ0v) is 23.7. The molecule has 1 heterocycles. The predicted octanol–water partition coefficient (Wildman–Crippen LogP) is 1.70. The average molecular weight is 561 g/mol. The highest BCUT2D eigenvalue weighted by molar-refractivity contribution is 7.58. The number of rotatable bonds is 14. The second kappa shape index (κ2) is 14.5. The Morgan fingerprint density at radius 3 is 1.37 bits per heavy atom. The molecule has 0 spiro atoms. The lowest BCUT2D eigenvalue weighted by Gasteiger charge is -2.28. The van der Waals surface area contributed by atoms with Gasteiger partial charge in [0, 0.05) is 70.1 Å². The van der Waals surface area contributed by atoms with Crippen molar-refractivity contribution in [3.8, 4) is 0 Å². The van der Waals surface area contributed by atoms with E-state index in [2.05, 4.69) is 0 Å². The van der Waals surface area contributed by atoms with Crippen LogP contribution in [0, 0.1) is 5.92 Å². The first-order valence-corrected chi connectivity index (χ1v) is 18.0. The second-order valence-corrected chi connectivity index (χ2v) is 17.0. The fraction of sp³-hybridized carbons (Fsp3) is 0.900. The van der Waals surface area contributed by atoms with Crippen molar-refractivity contribution in [2.75, 3.05) is 76.6 Å². The molecule has 1 saturated heterocycles. The van der Waals surface area contributed by atoms with Gasteiger partial charge in [-0.3, -0.25) is 38.0 Å². The zero-order valence-electron chi connectivity index (χ0n) is 21.0. The topological polar surface area (TPSA) is 176 Å². The van der Waals surface area contributed by atoms with Gasteiger partial charge in [0.25, 0.3) is 0 Å². The van der Waals surface area contributed by atoms with Crippen LogP contribution >= 0.6 is 22.1 Å². The lowest BCUT2D eigenvalue weighted by atomic mass is 10.1. The Kier molecular flexibility index (Phi) is 13.5. The SMILES string of the molecule is CCP(=O)(O)CN1CCN(CP(=O)(O)CCC(=O)O)CCN(CP(=O)(O)CCC(=O)C(C)C)CC1. The molecular weight excluding hydrogens is 519 g/mol. The van der Waals surface area contributed by atoms with Gasteiger partial charge in [0.15, 0.2) is 0 Å². The molecule has 0 aromatic carbocycles. The van der Waals surface area contributed by atoms with Gasteiger partial charge in [0.1, 0.15) is 5.78 Å². The van der Waals surface area contributed by atoms with Crippen molar-refractivity contribution in [3.63, 3.8) is 0 Å². The molecule has 4 N–H and O–H groups in total. The van der Waals surface area contributed by atoms with E-state index in [1.165, 1.54) is 0 Å². The summed E-state index contributed by atoms with van der Waals surface area (Å²) in [6.07, 6.45) is -1.23. The fourth-order valence-electron chi connectivity index (χ4n) is 3.63. The zero-order chi connectivity index (χ0) is 26.9. The molecule has 0 radical (unpaired) electrons. The predicted molar refractivity (Wildman–Crippen MR) is 136 cm³/mol. The van der Waals surface area contributed by atoms with Crippen LogP contribution in [0.1, 0.15) is 33.6 Å². The molecule has 12 nitrogen and oxygen atoms in total. The molecule has 1 aliphatic heterocycles. The number of carbonyl (C=O) groups is 2. The lowest BCUT2D eigenvalue weighted by molar-refractivity contribution is -0.136. The summed E-state index contributed by atoms with van der Waals surface area (Å²) in [7, 11) is -10.8. The van der Waals surface area contributed by atoms with E-state index < -0.39 is 34.5 Å². The lowest BCUT2D eigenvalue weighted by Crippen LogP contribution is -2.37. The minimum Gasteiger partial charge on any atom is -0.481 e. The molecule has 0 aromatic rings. The van der Waals surface area contributed by atoms with E-state index in [0.717, 1.165) is 0 Å². The molecule has 15 heteroatoms. The molecule has 0 saturated carbocycles. The van der Waals surface area contributed by atoms with Crippen LogP contribution in [0.5, 0.6) is 0 Å². The Morgan fingerprint density at radius 1 is 0.714 bits per heavy atom. The van der Waals surface area contributed by atoms with Crippen LogP contribution in [0.4, 0.5) is 0 Å².